The molecule has 2 heterocycles. The number of aromatic nitrogens is 2. The first-order valence-electron chi connectivity index (χ1n) is 7.63. The molecule has 4 nitrogen and oxygen atoms in total. The summed E-state index contributed by atoms with van der Waals surface area (Å²) in [6, 6.07) is 0. The van der Waals surface area contributed by atoms with Crippen LogP contribution in [0, 0.1) is 27.7 Å². The molecule has 0 fully saturated rings. The molecule has 2 rings (SSSR count). The van der Waals surface area contributed by atoms with Gasteiger partial charge in [0.05, 0.1) is 23.0 Å². The largest absolute Gasteiger partial charge is 0.372 e. The Morgan fingerprint density at radius 1 is 0.727 bits per heavy atom. The van der Waals surface area contributed by atoms with Crippen LogP contribution in [0.3, 0.4) is 0 Å². The van der Waals surface area contributed by atoms with E-state index in [-0.39, 0.29) is 0 Å². The summed E-state index contributed by atoms with van der Waals surface area (Å²) >= 11 is 3.58. The van der Waals surface area contributed by atoms with Gasteiger partial charge in [-0.25, -0.2) is 0 Å². The lowest BCUT2D eigenvalue weighted by Gasteiger charge is -2.03. The molecule has 2 aromatic heterocycles. The van der Waals surface area contributed by atoms with Crippen molar-refractivity contribution in [3.8, 4) is 0 Å². The van der Waals surface area contributed by atoms with Crippen LogP contribution in [0.4, 0.5) is 0 Å². The minimum atomic E-state index is 0.662. The van der Waals surface area contributed by atoms with Gasteiger partial charge >= 0.3 is 0 Å². The van der Waals surface area contributed by atoms with Crippen LogP contribution in [0.5, 0.6) is 0 Å². The van der Waals surface area contributed by atoms with Gasteiger partial charge in [0.15, 0.2) is 24.5 Å². The van der Waals surface area contributed by atoms with E-state index >= 15 is 0 Å². The molecule has 0 aliphatic carbocycles. The van der Waals surface area contributed by atoms with Crippen molar-refractivity contribution in [3.05, 3.63) is 32.2 Å². The second-order valence-electron chi connectivity index (χ2n) is 5.34. The van der Waals surface area contributed by atoms with Gasteiger partial charge in [0.2, 0.25) is 11.0 Å². The molecule has 0 aliphatic rings. The van der Waals surface area contributed by atoms with Crippen molar-refractivity contribution in [2.75, 3.05) is 26.4 Å². The number of ether oxygens (including phenoxy) is 2. The first-order valence-corrected chi connectivity index (χ1v) is 9.39. The second kappa shape index (κ2) is 8.72. The Kier molecular flexibility index (Phi) is 6.95. The molecular weight excluding hydrogens is 316 g/mol. The van der Waals surface area contributed by atoms with E-state index in [0.29, 0.717) is 13.2 Å². The van der Waals surface area contributed by atoms with E-state index in [1.807, 2.05) is 0 Å². The summed E-state index contributed by atoms with van der Waals surface area (Å²) in [4.78, 5) is 2.75. The highest BCUT2D eigenvalue weighted by Crippen LogP contribution is 2.08. The molecule has 0 aliphatic heterocycles. The van der Waals surface area contributed by atoms with Gasteiger partial charge in [0, 0.05) is 13.8 Å². The van der Waals surface area contributed by atoms with Crippen molar-refractivity contribution in [3.63, 3.8) is 0 Å². The Balaban J connectivity index is 1.51. The molecule has 22 heavy (non-hydrogen) atoms. The molecule has 0 unspecified atom stereocenters. The third kappa shape index (κ3) is 4.84. The fourth-order valence-corrected chi connectivity index (χ4v) is 3.78. The minimum Gasteiger partial charge on any atom is -0.372 e. The third-order valence-electron chi connectivity index (χ3n) is 3.92. The minimum absolute atomic E-state index is 0.662. The topological polar surface area (TPSA) is 26.2 Å². The van der Waals surface area contributed by atoms with Gasteiger partial charge in [-0.2, -0.15) is 9.13 Å². The van der Waals surface area contributed by atoms with Gasteiger partial charge in [-0.15, -0.1) is 0 Å². The molecule has 0 N–H and O–H groups in total. The standard InChI is InChI=1S/C16H26N2O2S2/c1-13-15(3)21-11-17(13)5-7-19-9-10-20-8-6-18-12-22-16(4)14(18)2/h11-12H,5-10H2,1-4H3/q+2. The molecule has 0 amide bonds. The third-order valence-corrected chi connectivity index (χ3v) is 5.94. The SMILES string of the molecule is Cc1sc[n+](CCOCCOCC[n+]2csc(C)c2C)c1C. The first kappa shape index (κ1) is 17.5. The maximum atomic E-state index is 5.64. The molecule has 0 aromatic carbocycles. The summed E-state index contributed by atoms with van der Waals surface area (Å²) < 4.78 is 15.8. The van der Waals surface area contributed by atoms with E-state index in [4.69, 9.17) is 9.47 Å². The predicted molar refractivity (Wildman–Crippen MR) is 89.6 cm³/mol. The zero-order chi connectivity index (χ0) is 15.9. The lowest BCUT2D eigenvalue weighted by molar-refractivity contribution is -0.700. The van der Waals surface area contributed by atoms with Crippen molar-refractivity contribution < 1.29 is 18.6 Å². The zero-order valence-corrected chi connectivity index (χ0v) is 15.6. The smallest absolute Gasteiger partial charge is 0.225 e. The van der Waals surface area contributed by atoms with Crippen molar-refractivity contribution in [1.29, 1.82) is 0 Å². The lowest BCUT2D eigenvalue weighted by Crippen LogP contribution is -2.37. The first-order chi connectivity index (χ1) is 10.6. The highest BCUT2D eigenvalue weighted by molar-refractivity contribution is 7.09. The normalized spacial score (nSPS) is 11.3. The molecule has 122 valence electrons. The van der Waals surface area contributed by atoms with Crippen LogP contribution in [0.1, 0.15) is 21.1 Å². The van der Waals surface area contributed by atoms with Crippen molar-refractivity contribution in [2.24, 2.45) is 0 Å². The average Bonchev–Trinajstić information content (AvgIpc) is 2.99. The molecule has 0 radical (unpaired) electrons. The van der Waals surface area contributed by atoms with E-state index in [2.05, 4.69) is 47.9 Å². The highest BCUT2D eigenvalue weighted by atomic mass is 32.1. The van der Waals surface area contributed by atoms with Crippen LogP contribution in [0.25, 0.3) is 0 Å². The number of nitrogens with zero attached hydrogens (tertiary/aromatic N) is 2. The summed E-state index contributed by atoms with van der Waals surface area (Å²) in [7, 11) is 0. The van der Waals surface area contributed by atoms with Crippen LogP contribution in [0.15, 0.2) is 11.0 Å². The molecule has 0 bridgehead atoms. The fraction of sp³-hybridized carbons (Fsp3) is 0.625. The number of rotatable bonds is 9. The fourth-order valence-electron chi connectivity index (χ4n) is 2.11. The van der Waals surface area contributed by atoms with E-state index in [9.17, 15) is 0 Å². The van der Waals surface area contributed by atoms with Crippen molar-refractivity contribution in [1.82, 2.24) is 0 Å². The summed E-state index contributed by atoms with van der Waals surface area (Å²) in [6.45, 7) is 13.2. The molecular formula is C16H26N2O2S2+2. The summed E-state index contributed by atoms with van der Waals surface area (Å²) in [5.41, 5.74) is 6.99. The maximum absolute atomic E-state index is 5.64. The van der Waals surface area contributed by atoms with Gasteiger partial charge in [0.25, 0.3) is 0 Å². The Morgan fingerprint density at radius 2 is 1.14 bits per heavy atom. The van der Waals surface area contributed by atoms with Crippen molar-refractivity contribution >= 4 is 22.7 Å². The molecule has 0 atom stereocenters. The summed E-state index contributed by atoms with van der Waals surface area (Å²) in [6.07, 6.45) is 0. The van der Waals surface area contributed by atoms with Crippen LogP contribution < -0.4 is 9.13 Å². The highest BCUT2D eigenvalue weighted by Gasteiger charge is 2.12. The van der Waals surface area contributed by atoms with E-state index < -0.39 is 0 Å². The Bertz CT molecular complexity index is 541. The summed E-state index contributed by atoms with van der Waals surface area (Å²) in [5, 5.41) is 0. The number of aryl methyl sites for hydroxylation is 2. The molecule has 0 spiro atoms. The van der Waals surface area contributed by atoms with E-state index in [1.54, 1.807) is 22.7 Å². The van der Waals surface area contributed by atoms with Gasteiger partial charge in [-0.05, 0) is 13.8 Å². The Hall–Kier alpha value is -0.820. The van der Waals surface area contributed by atoms with Crippen LogP contribution in [-0.2, 0) is 22.6 Å². The average molecular weight is 343 g/mol. The van der Waals surface area contributed by atoms with Gasteiger partial charge in [0.1, 0.15) is 13.2 Å². The quantitative estimate of drug-likeness (QED) is 0.516. The Morgan fingerprint density at radius 3 is 1.45 bits per heavy atom. The molecule has 0 saturated heterocycles. The van der Waals surface area contributed by atoms with E-state index in [0.717, 1.165) is 26.3 Å². The monoisotopic (exact) mass is 342 g/mol. The molecule has 0 saturated carbocycles. The van der Waals surface area contributed by atoms with Gasteiger partial charge in [-0.1, -0.05) is 22.7 Å². The number of hydrogen-bond acceptors (Lipinski definition) is 4. The van der Waals surface area contributed by atoms with Gasteiger partial charge < -0.3 is 9.47 Å². The van der Waals surface area contributed by atoms with Crippen molar-refractivity contribution in [2.45, 2.75) is 40.8 Å². The van der Waals surface area contributed by atoms with E-state index in [1.165, 1.54) is 21.1 Å². The van der Waals surface area contributed by atoms with Crippen LogP contribution in [0.2, 0.25) is 0 Å². The molecule has 2 aromatic rings. The molecule has 6 heteroatoms. The van der Waals surface area contributed by atoms with Crippen LogP contribution >= 0.6 is 22.7 Å². The van der Waals surface area contributed by atoms with Gasteiger partial charge in [-0.3, -0.25) is 0 Å². The summed E-state index contributed by atoms with van der Waals surface area (Å²) in [5.74, 6) is 0. The Labute approximate surface area is 141 Å². The predicted octanol–water partition coefficient (Wildman–Crippen LogP) is 2.35. The second-order valence-corrected chi connectivity index (χ2v) is 7.46. The van der Waals surface area contributed by atoms with Crippen LogP contribution in [-0.4, -0.2) is 26.4 Å². The lowest BCUT2D eigenvalue weighted by atomic mass is 10.4. The number of hydrogen-bond donors (Lipinski definition) is 0. The zero-order valence-electron chi connectivity index (χ0n) is 13.9. The maximum Gasteiger partial charge on any atom is 0.225 e. The number of thiazole rings is 2.